The molecule has 1 fully saturated rings. The highest BCUT2D eigenvalue weighted by atomic mass is 79.9. The van der Waals surface area contributed by atoms with Crippen LogP contribution in [0.3, 0.4) is 0 Å². The number of ketones is 1. The molecule has 0 unspecified atom stereocenters. The lowest BCUT2D eigenvalue weighted by Crippen LogP contribution is -2.44. The zero-order chi connectivity index (χ0) is 27.0. The van der Waals surface area contributed by atoms with Crippen molar-refractivity contribution in [1.82, 2.24) is 29.6 Å². The molecule has 0 spiro atoms. The summed E-state index contributed by atoms with van der Waals surface area (Å²) < 4.78 is 16.4. The number of alkyl halides is 1. The van der Waals surface area contributed by atoms with E-state index in [1.807, 2.05) is 12.1 Å². The van der Waals surface area contributed by atoms with Crippen LogP contribution in [0.4, 0.5) is 10.2 Å². The van der Waals surface area contributed by atoms with Gasteiger partial charge in [0.15, 0.2) is 5.78 Å². The van der Waals surface area contributed by atoms with E-state index in [-0.39, 0.29) is 36.8 Å². The molecule has 0 saturated carbocycles. The van der Waals surface area contributed by atoms with E-state index in [1.54, 1.807) is 43.6 Å². The Kier molecular flexibility index (Phi) is 6.98. The van der Waals surface area contributed by atoms with Crippen LogP contribution in [0, 0.1) is 6.92 Å². The number of nitrogens with one attached hydrogen (secondary N) is 1. The van der Waals surface area contributed by atoms with Gasteiger partial charge in [0, 0.05) is 36.7 Å². The Labute approximate surface area is 225 Å². The highest BCUT2D eigenvalue weighted by molar-refractivity contribution is 9.10. The quantitative estimate of drug-likeness (QED) is 0.272. The molecule has 0 radical (unpaired) electrons. The number of likely N-dealkylation sites (tertiary alicyclic amines) is 1. The van der Waals surface area contributed by atoms with Crippen molar-refractivity contribution in [2.75, 3.05) is 11.9 Å². The number of pyridine rings is 1. The maximum Gasteiger partial charge on any atom is 0.248 e. The fourth-order valence-corrected chi connectivity index (χ4v) is 4.84. The Morgan fingerprint density at radius 1 is 1.13 bits per heavy atom. The van der Waals surface area contributed by atoms with Crippen LogP contribution in [0.2, 0.25) is 0 Å². The Balaban J connectivity index is 1.41. The first kappa shape index (κ1) is 25.6. The highest BCUT2D eigenvalue weighted by Crippen LogP contribution is 2.28. The second kappa shape index (κ2) is 10.4. The van der Waals surface area contributed by atoms with Crippen molar-refractivity contribution in [2.24, 2.45) is 0 Å². The van der Waals surface area contributed by atoms with Crippen LogP contribution in [0.1, 0.15) is 29.7 Å². The molecule has 5 rings (SSSR count). The number of Topliss-reactive ketones (excluding diaryl/α,β-unsaturated/α-hetero) is 1. The van der Waals surface area contributed by atoms with Crippen LogP contribution >= 0.6 is 15.9 Å². The first-order valence-corrected chi connectivity index (χ1v) is 12.7. The fourth-order valence-electron chi connectivity index (χ4n) is 4.50. The molecule has 2 amide bonds. The summed E-state index contributed by atoms with van der Waals surface area (Å²) >= 11 is 3.24. The van der Waals surface area contributed by atoms with Gasteiger partial charge in [-0.3, -0.25) is 19.1 Å². The van der Waals surface area contributed by atoms with Crippen molar-refractivity contribution in [1.29, 1.82) is 0 Å². The van der Waals surface area contributed by atoms with Crippen molar-refractivity contribution in [3.8, 4) is 11.1 Å². The Hall–Kier alpha value is -4.06. The van der Waals surface area contributed by atoms with Gasteiger partial charge in [-0.15, -0.1) is 0 Å². The number of fused-ring (bicyclic) bond motifs is 1. The average molecular weight is 580 g/mol. The SMILES string of the molecule is CC(=O)c1nn(CC(=O)N2C[C@@H](F)C[C@@H]2C(=O)Nc2cccc(Br)n2)c2ccc(-c3cnc(C)nc3)cc12. The number of aromatic nitrogens is 5. The molecule has 0 bridgehead atoms. The van der Waals surface area contributed by atoms with Gasteiger partial charge in [0.2, 0.25) is 11.8 Å². The number of aryl methyl sites for hydroxylation is 1. The predicted molar refractivity (Wildman–Crippen MR) is 141 cm³/mol. The van der Waals surface area contributed by atoms with Crippen molar-refractivity contribution in [2.45, 2.75) is 39.0 Å². The minimum atomic E-state index is -1.34. The molecule has 4 aromatic rings. The number of carbonyl (C=O) groups is 3. The Morgan fingerprint density at radius 3 is 2.61 bits per heavy atom. The van der Waals surface area contributed by atoms with Crippen LogP contribution in [0.25, 0.3) is 22.0 Å². The standard InChI is InChI=1S/C26H23BrFN7O3/c1-14(36)25-19-8-16(17-10-29-15(2)30-11-17)6-7-20(19)35(33-25)13-24(37)34-12-18(28)9-21(34)26(38)32-23-5-3-4-22(27)31-23/h3-8,10-11,18,21H,9,12-13H2,1-2H3,(H,31,32,38)/t18-,21+/m0/s1. The third-order valence-electron chi connectivity index (χ3n) is 6.32. The normalized spacial score (nSPS) is 17.1. The molecule has 1 aliphatic heterocycles. The summed E-state index contributed by atoms with van der Waals surface area (Å²) in [5.74, 6) is -0.338. The van der Waals surface area contributed by atoms with Crippen LogP contribution < -0.4 is 5.32 Å². The second-order valence-corrected chi connectivity index (χ2v) is 9.86. The van der Waals surface area contributed by atoms with Crippen LogP contribution in [-0.2, 0) is 16.1 Å². The van der Waals surface area contributed by atoms with Crippen LogP contribution in [0.5, 0.6) is 0 Å². The number of hydrogen-bond donors (Lipinski definition) is 1. The number of hydrogen-bond acceptors (Lipinski definition) is 7. The third kappa shape index (κ3) is 5.17. The zero-order valence-corrected chi connectivity index (χ0v) is 22.1. The predicted octanol–water partition coefficient (Wildman–Crippen LogP) is 3.74. The molecular formula is C26H23BrFN7O3. The maximum atomic E-state index is 14.4. The summed E-state index contributed by atoms with van der Waals surface area (Å²) in [6.45, 7) is 2.72. The smallest absolute Gasteiger partial charge is 0.248 e. The largest absolute Gasteiger partial charge is 0.326 e. The molecule has 12 heteroatoms. The number of anilines is 1. The molecule has 1 N–H and O–H groups in total. The summed E-state index contributed by atoms with van der Waals surface area (Å²) in [7, 11) is 0. The molecule has 3 aromatic heterocycles. The summed E-state index contributed by atoms with van der Waals surface area (Å²) in [6.07, 6.45) is 1.93. The third-order valence-corrected chi connectivity index (χ3v) is 6.76. The van der Waals surface area contributed by atoms with Crippen LogP contribution in [0.15, 0.2) is 53.4 Å². The molecule has 1 aromatic carbocycles. The van der Waals surface area contributed by atoms with E-state index >= 15 is 0 Å². The summed E-state index contributed by atoms with van der Waals surface area (Å²) in [5, 5.41) is 7.62. The molecular weight excluding hydrogens is 557 g/mol. The number of amides is 2. The first-order valence-electron chi connectivity index (χ1n) is 11.9. The molecule has 2 atom stereocenters. The van der Waals surface area contributed by atoms with E-state index in [2.05, 4.69) is 41.3 Å². The van der Waals surface area contributed by atoms with Gasteiger partial charge in [0.1, 0.15) is 40.7 Å². The number of benzene rings is 1. The maximum absolute atomic E-state index is 14.4. The molecule has 0 aliphatic carbocycles. The van der Waals surface area contributed by atoms with Gasteiger partial charge in [-0.25, -0.2) is 19.3 Å². The van der Waals surface area contributed by atoms with E-state index in [9.17, 15) is 18.8 Å². The van der Waals surface area contributed by atoms with Gasteiger partial charge >= 0.3 is 0 Å². The van der Waals surface area contributed by atoms with E-state index < -0.39 is 24.0 Å². The van der Waals surface area contributed by atoms with Crippen molar-refractivity contribution < 1.29 is 18.8 Å². The molecule has 1 saturated heterocycles. The monoisotopic (exact) mass is 579 g/mol. The average Bonchev–Trinajstić information content (AvgIpc) is 3.45. The van der Waals surface area contributed by atoms with Gasteiger partial charge in [0.05, 0.1) is 12.1 Å². The lowest BCUT2D eigenvalue weighted by molar-refractivity contribution is -0.137. The Morgan fingerprint density at radius 2 is 1.89 bits per heavy atom. The zero-order valence-electron chi connectivity index (χ0n) is 20.6. The van der Waals surface area contributed by atoms with Gasteiger partial charge in [0.25, 0.3) is 0 Å². The number of rotatable bonds is 6. The van der Waals surface area contributed by atoms with E-state index in [4.69, 9.17) is 0 Å². The van der Waals surface area contributed by atoms with Crippen LogP contribution in [-0.4, -0.2) is 66.0 Å². The fraction of sp³-hybridized carbons (Fsp3) is 0.269. The summed E-state index contributed by atoms with van der Waals surface area (Å²) in [4.78, 5) is 52.5. The molecule has 10 nitrogen and oxygen atoms in total. The molecule has 38 heavy (non-hydrogen) atoms. The minimum absolute atomic E-state index is 0.119. The summed E-state index contributed by atoms with van der Waals surface area (Å²) in [5.41, 5.74) is 2.34. The lowest BCUT2D eigenvalue weighted by Gasteiger charge is -2.23. The molecule has 4 heterocycles. The van der Waals surface area contributed by atoms with E-state index in [1.165, 1.54) is 16.5 Å². The molecule has 1 aliphatic rings. The van der Waals surface area contributed by atoms with Crippen molar-refractivity contribution in [3.05, 3.63) is 64.9 Å². The van der Waals surface area contributed by atoms with Crippen molar-refractivity contribution >= 4 is 50.2 Å². The van der Waals surface area contributed by atoms with Gasteiger partial charge in [-0.1, -0.05) is 12.1 Å². The number of halogens is 2. The van der Waals surface area contributed by atoms with E-state index in [0.717, 1.165) is 11.1 Å². The van der Waals surface area contributed by atoms with E-state index in [0.29, 0.717) is 21.3 Å². The molecule has 194 valence electrons. The lowest BCUT2D eigenvalue weighted by atomic mass is 10.0. The summed E-state index contributed by atoms with van der Waals surface area (Å²) in [6, 6.07) is 9.42. The Bertz CT molecular complexity index is 1560. The van der Waals surface area contributed by atoms with Crippen molar-refractivity contribution in [3.63, 3.8) is 0 Å². The number of carbonyl (C=O) groups excluding carboxylic acids is 3. The second-order valence-electron chi connectivity index (χ2n) is 9.04. The van der Waals surface area contributed by atoms with Gasteiger partial charge < -0.3 is 10.2 Å². The van der Waals surface area contributed by atoms with Gasteiger partial charge in [-0.05, 0) is 52.7 Å². The van der Waals surface area contributed by atoms with Gasteiger partial charge in [-0.2, -0.15) is 5.10 Å². The highest BCUT2D eigenvalue weighted by Gasteiger charge is 2.40. The minimum Gasteiger partial charge on any atom is -0.326 e. The topological polar surface area (TPSA) is 123 Å². The number of nitrogens with zero attached hydrogens (tertiary/aromatic N) is 6. The first-order chi connectivity index (χ1) is 18.2.